The van der Waals surface area contributed by atoms with Crippen LogP contribution in [0.15, 0.2) is 47.6 Å². The molecule has 8 fully saturated rings. The highest BCUT2D eigenvalue weighted by Crippen LogP contribution is 2.74. The van der Waals surface area contributed by atoms with Gasteiger partial charge in [-0.3, -0.25) is 28.8 Å². The minimum Gasteiger partial charge on any atom is -0.458 e. The molecule has 2 saturated heterocycles. The minimum absolute atomic E-state index is 0.0209. The third kappa shape index (κ3) is 8.22. The molecule has 2 heterocycles. The van der Waals surface area contributed by atoms with Crippen molar-refractivity contribution in [3.05, 3.63) is 47.6 Å². The van der Waals surface area contributed by atoms with Crippen molar-refractivity contribution in [2.24, 2.45) is 56.2 Å². The van der Waals surface area contributed by atoms with Crippen LogP contribution in [0.4, 0.5) is 8.78 Å². The molecule has 0 spiro atoms. The molecule has 420 valence electrons. The van der Waals surface area contributed by atoms with Gasteiger partial charge in [0.15, 0.2) is 58.9 Å². The summed E-state index contributed by atoms with van der Waals surface area (Å²) in [4.78, 5) is 77.1. The Morgan fingerprint density at radius 3 is 1.26 bits per heavy atom. The lowest BCUT2D eigenvalue weighted by atomic mass is 9.44. The maximum Gasteiger partial charge on any atom is 0.306 e. The van der Waals surface area contributed by atoms with Crippen molar-refractivity contribution < 1.29 is 76.2 Å². The van der Waals surface area contributed by atoms with Crippen molar-refractivity contribution in [2.45, 2.75) is 220 Å². The van der Waals surface area contributed by atoms with Crippen molar-refractivity contribution >= 4 is 35.1 Å². The van der Waals surface area contributed by atoms with Gasteiger partial charge in [0.05, 0.1) is 37.3 Å². The van der Waals surface area contributed by atoms with Crippen LogP contribution in [0.5, 0.6) is 0 Å². The first-order valence-electron chi connectivity index (χ1n) is 27.6. The predicted octanol–water partition coefficient (Wildman–Crippen LogP) is 8.81. The lowest BCUT2D eigenvalue weighted by Crippen LogP contribution is -2.70. The summed E-state index contributed by atoms with van der Waals surface area (Å²) in [5.41, 5.74) is -10.3. The summed E-state index contributed by atoms with van der Waals surface area (Å²) in [5.74, 6) is -6.04. The molecule has 10 aliphatic rings. The number of esters is 2. The third-order valence-electron chi connectivity index (χ3n) is 20.2. The average Bonchev–Trinajstić information content (AvgIpc) is 3.90. The zero-order valence-electron chi connectivity index (χ0n) is 47.1. The van der Waals surface area contributed by atoms with E-state index in [0.29, 0.717) is 49.7 Å². The summed E-state index contributed by atoms with van der Waals surface area (Å²) in [6.07, 6.45) is 7.91. The Morgan fingerprint density at radius 2 is 0.934 bits per heavy atom. The second kappa shape index (κ2) is 17.9. The number of fused-ring (bicyclic) bond motifs is 14. The smallest absolute Gasteiger partial charge is 0.306 e. The van der Waals surface area contributed by atoms with E-state index >= 15 is 8.78 Å². The Hall–Kier alpha value is -3.80. The average molecular weight is 1070 g/mol. The number of carbonyl (C=O) groups excluding carboxylic acids is 6. The molecule has 0 aromatic rings. The molecule has 6 saturated carbocycles. The molecule has 0 bridgehead atoms. The number of hydrogen-bond acceptors (Lipinski definition) is 14. The molecule has 10 rings (SSSR count). The van der Waals surface area contributed by atoms with E-state index in [1.54, 1.807) is 53.7 Å². The van der Waals surface area contributed by atoms with E-state index in [1.165, 1.54) is 24.3 Å². The number of hydrogen-bond donors (Lipinski definition) is 2. The van der Waals surface area contributed by atoms with Crippen molar-refractivity contribution in [2.75, 3.05) is 13.2 Å². The number of ether oxygens (including phenoxy) is 6. The number of carbonyl (C=O) groups is 6. The van der Waals surface area contributed by atoms with Crippen molar-refractivity contribution in [1.82, 2.24) is 0 Å². The first kappa shape index (κ1) is 56.9. The van der Waals surface area contributed by atoms with E-state index < -0.39 is 129 Å². The summed E-state index contributed by atoms with van der Waals surface area (Å²) in [5, 5.41) is 23.2. The van der Waals surface area contributed by atoms with Gasteiger partial charge in [-0.2, -0.15) is 0 Å². The van der Waals surface area contributed by atoms with E-state index in [4.69, 9.17) is 28.4 Å². The van der Waals surface area contributed by atoms with Gasteiger partial charge in [-0.1, -0.05) is 78.7 Å². The van der Waals surface area contributed by atoms with Crippen LogP contribution in [-0.2, 0) is 57.2 Å². The molecule has 2 aliphatic heterocycles. The maximum absolute atomic E-state index is 17.4. The molecule has 0 radical (unpaired) electrons. The van der Waals surface area contributed by atoms with Gasteiger partial charge in [-0.25, -0.2) is 8.78 Å². The molecular weight excluding hydrogens is 983 g/mol. The number of aliphatic hydroxyl groups is 2. The van der Waals surface area contributed by atoms with E-state index in [9.17, 15) is 39.0 Å². The summed E-state index contributed by atoms with van der Waals surface area (Å²) in [7, 11) is 0. The number of halogens is 2. The molecule has 0 aromatic heterocycles. The van der Waals surface area contributed by atoms with E-state index in [-0.39, 0.29) is 59.9 Å². The van der Waals surface area contributed by atoms with Crippen LogP contribution >= 0.6 is 0 Å². The van der Waals surface area contributed by atoms with E-state index in [0.717, 1.165) is 0 Å². The number of ketones is 4. The maximum atomic E-state index is 17.4. The second-order valence-corrected chi connectivity index (χ2v) is 28.3. The Kier molecular flexibility index (Phi) is 13.4. The lowest BCUT2D eigenvalue weighted by molar-refractivity contribution is -0.246. The molecule has 76 heavy (non-hydrogen) atoms. The number of alkyl halides is 2. The van der Waals surface area contributed by atoms with Gasteiger partial charge in [0.25, 0.3) is 0 Å². The highest BCUT2D eigenvalue weighted by atomic mass is 19.1. The zero-order valence-corrected chi connectivity index (χ0v) is 47.1. The molecule has 14 nitrogen and oxygen atoms in total. The van der Waals surface area contributed by atoms with Crippen LogP contribution in [0.3, 0.4) is 0 Å². The molecule has 16 atom stereocenters. The van der Waals surface area contributed by atoms with Crippen LogP contribution in [0.25, 0.3) is 0 Å². The molecule has 0 aromatic carbocycles. The molecule has 8 aliphatic carbocycles. The normalized spacial score (nSPS) is 45.0. The molecule has 16 heteroatoms. The summed E-state index contributed by atoms with van der Waals surface area (Å²) >= 11 is 0. The van der Waals surface area contributed by atoms with Crippen molar-refractivity contribution in [1.29, 1.82) is 0 Å². The van der Waals surface area contributed by atoms with Crippen molar-refractivity contribution in [3.8, 4) is 0 Å². The van der Waals surface area contributed by atoms with Gasteiger partial charge < -0.3 is 38.6 Å². The fraction of sp³-hybridized carbons (Fsp3) is 0.767. The Labute approximate surface area is 446 Å². The van der Waals surface area contributed by atoms with Crippen LogP contribution in [-0.4, -0.2) is 117 Å². The molecule has 2 N–H and O–H groups in total. The zero-order chi connectivity index (χ0) is 56.2. The Balaban J connectivity index is 0.000000186. The largest absolute Gasteiger partial charge is 0.458 e. The fourth-order valence-corrected chi connectivity index (χ4v) is 17.1. The van der Waals surface area contributed by atoms with Gasteiger partial charge >= 0.3 is 11.9 Å². The Bertz CT molecular complexity index is 2440. The molecule has 0 unspecified atom stereocenters. The van der Waals surface area contributed by atoms with Crippen LogP contribution < -0.4 is 0 Å². The minimum atomic E-state index is -2.02. The van der Waals surface area contributed by atoms with E-state index in [2.05, 4.69) is 0 Å². The number of rotatable bonds is 8. The van der Waals surface area contributed by atoms with Crippen LogP contribution in [0.2, 0.25) is 0 Å². The highest BCUT2D eigenvalue weighted by Gasteiger charge is 2.82. The number of aliphatic hydroxyl groups excluding tert-OH is 2. The topological polar surface area (TPSA) is 198 Å². The third-order valence-corrected chi connectivity index (χ3v) is 20.2. The fourth-order valence-electron chi connectivity index (χ4n) is 17.1. The van der Waals surface area contributed by atoms with Gasteiger partial charge in [0, 0.05) is 33.5 Å². The second-order valence-electron chi connectivity index (χ2n) is 28.3. The monoisotopic (exact) mass is 1060 g/mol. The predicted molar refractivity (Wildman–Crippen MR) is 273 cm³/mol. The Morgan fingerprint density at radius 1 is 0.592 bits per heavy atom. The summed E-state index contributed by atoms with van der Waals surface area (Å²) in [6, 6.07) is 0. The standard InChI is InChI=1S/2C30H41FO7/c2*1-25(2,3)15-24(35)36-16-22(34)30-23(37-26(4,5)38-30)13-20-19-9-8-17-12-18(32)10-11-27(17,6)29(19,31)21(33)14-28(20,30)7/h2*10-12,19-21,23,33H,8-9,13-16H2,1-7H3/t2*19-,20-,21-,23+,27-,28-,29-,30+/m00/s1. The first-order chi connectivity index (χ1) is 34.8. The van der Waals surface area contributed by atoms with Gasteiger partial charge in [-0.05, 0) is 140 Å². The first-order valence-corrected chi connectivity index (χ1v) is 27.6. The quantitative estimate of drug-likeness (QED) is 0.219. The lowest BCUT2D eigenvalue weighted by Gasteiger charge is -2.62. The molecule has 0 amide bonds. The molecular formula is C60H82F2O14. The van der Waals surface area contributed by atoms with E-state index in [1.807, 2.05) is 55.4 Å². The number of Topliss-reactive ketones (excluding diaryl/α,β-unsaturated/α-hetero) is 2. The summed E-state index contributed by atoms with van der Waals surface area (Å²) in [6.45, 7) is 24.8. The SMILES string of the molecule is CC(C)(C)CC(=O)OCC(=O)[C@@]12OC(C)(C)O[C@@H]1C[C@H]1[C@@H]3CCC4=CC(=O)C=C[C@]4(C)[C@@]3(F)[C@@H](O)C[C@@]12C.CC(C)(C)CC(=O)OCC(=O)[C@@]12OC(C)(C)O[C@@H]1C[C@H]1[C@@H]3CCC4=CC(=O)C=C[C@]4(C)[C@@]3(F)[C@@H](O)C[C@@]12C. The van der Waals surface area contributed by atoms with Crippen molar-refractivity contribution in [3.63, 3.8) is 0 Å². The van der Waals surface area contributed by atoms with Gasteiger partial charge in [-0.15, -0.1) is 0 Å². The van der Waals surface area contributed by atoms with Gasteiger partial charge in [0.2, 0.25) is 11.6 Å². The van der Waals surface area contributed by atoms with Crippen LogP contribution in [0.1, 0.15) is 161 Å². The van der Waals surface area contributed by atoms with Gasteiger partial charge in [0.1, 0.15) is 0 Å². The van der Waals surface area contributed by atoms with Crippen LogP contribution in [0, 0.1) is 56.2 Å². The number of allylic oxidation sites excluding steroid dienone is 8. The summed E-state index contributed by atoms with van der Waals surface area (Å²) < 4.78 is 71.2. The highest BCUT2D eigenvalue weighted by molar-refractivity contribution is 6.02.